The van der Waals surface area contributed by atoms with E-state index < -0.39 is 0 Å². The molecule has 0 spiro atoms. The highest BCUT2D eigenvalue weighted by Gasteiger charge is 2.23. The third-order valence-electron chi connectivity index (χ3n) is 5.41. The van der Waals surface area contributed by atoms with Crippen molar-refractivity contribution in [3.8, 4) is 5.75 Å². The van der Waals surface area contributed by atoms with Gasteiger partial charge in [-0.05, 0) is 49.5 Å². The largest absolute Gasteiger partial charge is 0.497 e. The van der Waals surface area contributed by atoms with Gasteiger partial charge < -0.3 is 24.3 Å². The van der Waals surface area contributed by atoms with Crippen molar-refractivity contribution in [2.24, 2.45) is 0 Å². The molecule has 3 heterocycles. The average molecular weight is 424 g/mol. The Morgan fingerprint density at radius 3 is 2.53 bits per heavy atom. The molecule has 7 nitrogen and oxygen atoms in total. The van der Waals surface area contributed by atoms with Crippen LogP contribution in [0.15, 0.2) is 46.9 Å². The molecule has 0 radical (unpaired) electrons. The summed E-state index contributed by atoms with van der Waals surface area (Å²) in [4.78, 5) is 14.2. The number of halogens is 1. The quantitative estimate of drug-likeness (QED) is 0.517. The molecule has 30 heavy (non-hydrogen) atoms. The van der Waals surface area contributed by atoms with E-state index in [1.54, 1.807) is 7.11 Å². The highest BCUT2D eigenvalue weighted by molar-refractivity contribution is 6.31. The van der Waals surface area contributed by atoms with Crippen molar-refractivity contribution in [1.29, 1.82) is 0 Å². The van der Waals surface area contributed by atoms with E-state index in [1.807, 2.05) is 42.5 Å². The van der Waals surface area contributed by atoms with Gasteiger partial charge in [0.1, 0.15) is 16.8 Å². The molecule has 1 aliphatic heterocycles. The van der Waals surface area contributed by atoms with E-state index >= 15 is 0 Å². The molecule has 0 bridgehead atoms. The van der Waals surface area contributed by atoms with Crippen LogP contribution in [0.1, 0.15) is 0 Å². The van der Waals surface area contributed by atoms with Crippen LogP contribution in [-0.2, 0) is 0 Å². The molecular formula is C22H22ClN5O2. The minimum Gasteiger partial charge on any atom is -0.497 e. The van der Waals surface area contributed by atoms with Crippen molar-refractivity contribution >= 4 is 51.1 Å². The standard InChI is InChI=1S/C22H22ClN5O2/c1-27-9-11-28(12-10-27)21-20-19(17-13-14(23)3-8-18(17)30-20)25-22(26-21)24-15-4-6-16(29-2)7-5-15/h3-8,13H,9-12H2,1-2H3,(H,24,25,26). The summed E-state index contributed by atoms with van der Waals surface area (Å²) in [5, 5.41) is 4.85. The van der Waals surface area contributed by atoms with Crippen LogP contribution in [0.25, 0.3) is 22.1 Å². The zero-order chi connectivity index (χ0) is 20.7. The molecule has 0 atom stereocenters. The van der Waals surface area contributed by atoms with Gasteiger partial charge in [0.2, 0.25) is 5.95 Å². The summed E-state index contributed by atoms with van der Waals surface area (Å²) in [6.07, 6.45) is 0. The number of ether oxygens (including phenoxy) is 1. The van der Waals surface area contributed by atoms with E-state index in [4.69, 9.17) is 30.7 Å². The van der Waals surface area contributed by atoms with E-state index in [2.05, 4.69) is 22.2 Å². The predicted molar refractivity (Wildman–Crippen MR) is 120 cm³/mol. The zero-order valence-electron chi connectivity index (χ0n) is 16.9. The van der Waals surface area contributed by atoms with Crippen LogP contribution in [-0.4, -0.2) is 55.2 Å². The van der Waals surface area contributed by atoms with E-state index in [1.165, 1.54) is 0 Å². The van der Waals surface area contributed by atoms with Gasteiger partial charge in [0, 0.05) is 42.3 Å². The van der Waals surface area contributed by atoms with Crippen LogP contribution >= 0.6 is 11.6 Å². The number of nitrogens with zero attached hydrogens (tertiary/aromatic N) is 4. The first-order chi connectivity index (χ1) is 14.6. The van der Waals surface area contributed by atoms with Crippen LogP contribution in [0.2, 0.25) is 5.02 Å². The van der Waals surface area contributed by atoms with Crippen LogP contribution in [0.4, 0.5) is 17.5 Å². The van der Waals surface area contributed by atoms with E-state index in [0.717, 1.165) is 59.9 Å². The molecular weight excluding hydrogens is 402 g/mol. The maximum Gasteiger partial charge on any atom is 0.230 e. The monoisotopic (exact) mass is 423 g/mol. The number of anilines is 3. The molecule has 0 amide bonds. The van der Waals surface area contributed by atoms with E-state index in [-0.39, 0.29) is 0 Å². The second-order valence-electron chi connectivity index (χ2n) is 7.43. The Morgan fingerprint density at radius 1 is 1.03 bits per heavy atom. The van der Waals surface area contributed by atoms with E-state index in [0.29, 0.717) is 16.6 Å². The number of likely N-dealkylation sites (N-methyl/N-ethyl adjacent to an activating group) is 1. The summed E-state index contributed by atoms with van der Waals surface area (Å²) in [7, 11) is 3.78. The van der Waals surface area contributed by atoms with E-state index in [9.17, 15) is 0 Å². The van der Waals surface area contributed by atoms with Gasteiger partial charge >= 0.3 is 0 Å². The summed E-state index contributed by atoms with van der Waals surface area (Å²) < 4.78 is 11.4. The smallest absolute Gasteiger partial charge is 0.230 e. The normalized spacial score (nSPS) is 15.1. The van der Waals surface area contributed by atoms with Crippen LogP contribution < -0.4 is 15.0 Å². The molecule has 1 aliphatic rings. The third kappa shape index (κ3) is 3.51. The van der Waals surface area contributed by atoms with Crippen LogP contribution in [0.5, 0.6) is 5.75 Å². The van der Waals surface area contributed by atoms with Gasteiger partial charge in [-0.1, -0.05) is 11.6 Å². The molecule has 8 heteroatoms. The third-order valence-corrected chi connectivity index (χ3v) is 5.64. The molecule has 4 aromatic rings. The Labute approximate surface area is 179 Å². The summed E-state index contributed by atoms with van der Waals surface area (Å²) in [5.41, 5.74) is 3.08. The lowest BCUT2D eigenvalue weighted by atomic mass is 10.2. The molecule has 154 valence electrons. The van der Waals surface area contributed by atoms with Crippen molar-refractivity contribution in [3.05, 3.63) is 47.5 Å². The average Bonchev–Trinajstić information content (AvgIpc) is 3.12. The highest BCUT2D eigenvalue weighted by atomic mass is 35.5. The van der Waals surface area contributed by atoms with Crippen molar-refractivity contribution in [3.63, 3.8) is 0 Å². The Morgan fingerprint density at radius 2 is 1.80 bits per heavy atom. The number of piperazine rings is 1. The molecule has 0 saturated carbocycles. The lowest BCUT2D eigenvalue weighted by Gasteiger charge is -2.33. The van der Waals surface area contributed by atoms with Gasteiger partial charge in [0.15, 0.2) is 11.4 Å². The minimum absolute atomic E-state index is 0.518. The fourth-order valence-electron chi connectivity index (χ4n) is 3.69. The number of methoxy groups -OCH3 is 1. The molecule has 2 aromatic heterocycles. The second kappa shape index (κ2) is 7.66. The van der Waals surface area contributed by atoms with Crippen molar-refractivity contribution < 1.29 is 9.15 Å². The molecule has 1 saturated heterocycles. The summed E-state index contributed by atoms with van der Waals surface area (Å²) >= 11 is 6.25. The molecule has 0 unspecified atom stereocenters. The van der Waals surface area contributed by atoms with Crippen LogP contribution in [0, 0.1) is 0 Å². The van der Waals surface area contributed by atoms with Gasteiger partial charge in [-0.2, -0.15) is 4.98 Å². The summed E-state index contributed by atoms with van der Waals surface area (Å²) in [6.45, 7) is 3.70. The first-order valence-electron chi connectivity index (χ1n) is 9.85. The van der Waals surface area contributed by atoms with Crippen molar-refractivity contribution in [1.82, 2.24) is 14.9 Å². The second-order valence-corrected chi connectivity index (χ2v) is 7.87. The molecule has 1 N–H and O–H groups in total. The van der Waals surface area contributed by atoms with Gasteiger partial charge in [0.05, 0.1) is 7.11 Å². The number of hydrogen-bond acceptors (Lipinski definition) is 7. The predicted octanol–water partition coefficient (Wildman–Crippen LogP) is 4.53. The van der Waals surface area contributed by atoms with Gasteiger partial charge in [-0.3, -0.25) is 0 Å². The highest BCUT2D eigenvalue weighted by Crippen LogP contribution is 2.36. The SMILES string of the molecule is COc1ccc(Nc2nc(N3CCN(C)CC3)c3oc4ccc(Cl)cc4c3n2)cc1. The first-order valence-corrected chi connectivity index (χ1v) is 10.2. The molecule has 5 rings (SSSR count). The summed E-state index contributed by atoms with van der Waals surface area (Å²) in [6, 6.07) is 13.3. The maximum absolute atomic E-state index is 6.25. The fraction of sp³-hybridized carbons (Fsp3) is 0.273. The topological polar surface area (TPSA) is 66.7 Å². The number of fused-ring (bicyclic) bond motifs is 3. The van der Waals surface area contributed by atoms with Gasteiger partial charge in [0.25, 0.3) is 0 Å². The molecule has 2 aromatic carbocycles. The van der Waals surface area contributed by atoms with Crippen molar-refractivity contribution in [2.75, 3.05) is 50.6 Å². The number of nitrogens with one attached hydrogen (secondary N) is 1. The van der Waals surface area contributed by atoms with Gasteiger partial charge in [-0.15, -0.1) is 0 Å². The fourth-order valence-corrected chi connectivity index (χ4v) is 3.87. The Kier molecular flexibility index (Phi) is 4.84. The lowest BCUT2D eigenvalue weighted by Crippen LogP contribution is -2.44. The number of furan rings is 1. The molecule has 0 aliphatic carbocycles. The molecule has 1 fully saturated rings. The number of hydrogen-bond donors (Lipinski definition) is 1. The number of benzene rings is 2. The minimum atomic E-state index is 0.518. The number of aromatic nitrogens is 2. The van der Waals surface area contributed by atoms with Gasteiger partial charge in [-0.25, -0.2) is 4.98 Å². The van der Waals surface area contributed by atoms with Crippen molar-refractivity contribution in [2.45, 2.75) is 0 Å². The Bertz CT molecular complexity index is 1200. The Balaban J connectivity index is 1.62. The maximum atomic E-state index is 6.25. The number of rotatable bonds is 4. The zero-order valence-corrected chi connectivity index (χ0v) is 17.6. The summed E-state index contributed by atoms with van der Waals surface area (Å²) in [5.74, 6) is 2.12. The lowest BCUT2D eigenvalue weighted by molar-refractivity contribution is 0.312. The Hall–Kier alpha value is -3.03. The van der Waals surface area contributed by atoms with Crippen LogP contribution in [0.3, 0.4) is 0 Å². The first kappa shape index (κ1) is 19.0.